The molecule has 0 aliphatic heterocycles. The third-order valence-corrected chi connectivity index (χ3v) is 3.89. The second kappa shape index (κ2) is 5.72. The number of benzene rings is 1. The van der Waals surface area contributed by atoms with E-state index in [1.54, 1.807) is 12.1 Å². The van der Waals surface area contributed by atoms with E-state index in [-0.39, 0.29) is 5.82 Å². The van der Waals surface area contributed by atoms with E-state index in [0.717, 1.165) is 12.5 Å². The molecule has 3 heteroatoms. The largest absolute Gasteiger partial charge is 0.381 e. The Labute approximate surface area is 107 Å². The van der Waals surface area contributed by atoms with Gasteiger partial charge in [0.1, 0.15) is 5.82 Å². The molecular formula is C14H19ClFN. The highest BCUT2D eigenvalue weighted by Gasteiger charge is 2.19. The van der Waals surface area contributed by atoms with Crippen LogP contribution in [0.5, 0.6) is 0 Å². The van der Waals surface area contributed by atoms with Crippen LogP contribution in [-0.4, -0.2) is 6.54 Å². The van der Waals surface area contributed by atoms with Gasteiger partial charge in [-0.05, 0) is 36.8 Å². The molecular weight excluding hydrogens is 237 g/mol. The lowest BCUT2D eigenvalue weighted by Crippen LogP contribution is -2.21. The number of hydrogen-bond acceptors (Lipinski definition) is 1. The van der Waals surface area contributed by atoms with Gasteiger partial charge in [-0.15, -0.1) is 0 Å². The van der Waals surface area contributed by atoms with Gasteiger partial charge in [0, 0.05) is 6.54 Å². The van der Waals surface area contributed by atoms with Gasteiger partial charge < -0.3 is 5.32 Å². The highest BCUT2D eigenvalue weighted by molar-refractivity contribution is 6.33. The van der Waals surface area contributed by atoms with Crippen molar-refractivity contribution >= 4 is 17.3 Å². The van der Waals surface area contributed by atoms with Crippen molar-refractivity contribution in [3.05, 3.63) is 29.0 Å². The molecule has 2 unspecified atom stereocenters. The van der Waals surface area contributed by atoms with Crippen molar-refractivity contribution in [2.45, 2.75) is 32.6 Å². The zero-order valence-electron chi connectivity index (χ0n) is 10.2. The number of halogens is 2. The van der Waals surface area contributed by atoms with Gasteiger partial charge in [-0.2, -0.15) is 0 Å². The fourth-order valence-electron chi connectivity index (χ4n) is 2.66. The summed E-state index contributed by atoms with van der Waals surface area (Å²) in [6.45, 7) is 3.12. The van der Waals surface area contributed by atoms with Gasteiger partial charge in [-0.3, -0.25) is 0 Å². The second-order valence-electron chi connectivity index (χ2n) is 5.12. The molecule has 2 rings (SSSR count). The van der Waals surface area contributed by atoms with E-state index >= 15 is 0 Å². The first-order valence-corrected chi connectivity index (χ1v) is 6.72. The Kier molecular flexibility index (Phi) is 4.27. The van der Waals surface area contributed by atoms with Gasteiger partial charge in [-0.25, -0.2) is 4.39 Å². The van der Waals surface area contributed by atoms with E-state index in [0.29, 0.717) is 16.6 Å². The third-order valence-electron chi connectivity index (χ3n) is 3.58. The van der Waals surface area contributed by atoms with Crippen molar-refractivity contribution in [3.8, 4) is 0 Å². The zero-order valence-corrected chi connectivity index (χ0v) is 10.9. The predicted molar refractivity (Wildman–Crippen MR) is 71.0 cm³/mol. The Bertz CT molecular complexity index is 360. The molecule has 0 radical (unpaired) electrons. The summed E-state index contributed by atoms with van der Waals surface area (Å²) >= 11 is 5.97. The molecule has 0 spiro atoms. The molecule has 0 bridgehead atoms. The Morgan fingerprint density at radius 2 is 2.24 bits per heavy atom. The van der Waals surface area contributed by atoms with E-state index in [9.17, 15) is 4.39 Å². The predicted octanol–water partition coefficient (Wildman–Crippen LogP) is 4.72. The van der Waals surface area contributed by atoms with Crippen LogP contribution >= 0.6 is 11.6 Å². The first kappa shape index (κ1) is 12.7. The van der Waals surface area contributed by atoms with E-state index in [4.69, 9.17) is 11.6 Å². The summed E-state index contributed by atoms with van der Waals surface area (Å²) in [5, 5.41) is 3.63. The van der Waals surface area contributed by atoms with Crippen LogP contribution in [0.25, 0.3) is 0 Å². The minimum absolute atomic E-state index is 0.263. The van der Waals surface area contributed by atoms with Crippen LogP contribution in [0.1, 0.15) is 32.6 Å². The molecule has 94 valence electrons. The molecule has 2 atom stereocenters. The van der Waals surface area contributed by atoms with Crippen LogP contribution in [0.3, 0.4) is 0 Å². The first-order chi connectivity index (χ1) is 8.16. The van der Waals surface area contributed by atoms with E-state index in [1.807, 2.05) is 0 Å². The van der Waals surface area contributed by atoms with E-state index in [2.05, 4.69) is 12.2 Å². The molecule has 1 N–H and O–H groups in total. The Morgan fingerprint density at radius 3 is 2.94 bits per heavy atom. The Morgan fingerprint density at radius 1 is 1.41 bits per heavy atom. The number of para-hydroxylation sites is 1. The highest BCUT2D eigenvalue weighted by atomic mass is 35.5. The summed E-state index contributed by atoms with van der Waals surface area (Å²) in [5.41, 5.74) is 0.451. The first-order valence-electron chi connectivity index (χ1n) is 6.34. The lowest BCUT2D eigenvalue weighted by atomic mass is 9.82. The highest BCUT2D eigenvalue weighted by Crippen LogP contribution is 2.30. The number of nitrogens with one attached hydrogen (secondary N) is 1. The molecule has 0 amide bonds. The van der Waals surface area contributed by atoms with E-state index in [1.165, 1.54) is 31.7 Å². The van der Waals surface area contributed by atoms with Crippen molar-refractivity contribution in [3.63, 3.8) is 0 Å². The summed E-state index contributed by atoms with van der Waals surface area (Å²) in [4.78, 5) is 0. The molecule has 1 fully saturated rings. The van der Waals surface area contributed by atoms with Gasteiger partial charge in [-0.1, -0.05) is 37.4 Å². The summed E-state index contributed by atoms with van der Waals surface area (Å²) in [6, 6.07) is 4.79. The minimum Gasteiger partial charge on any atom is -0.381 e. The molecule has 1 nitrogen and oxygen atoms in total. The topological polar surface area (TPSA) is 12.0 Å². The summed E-state index contributed by atoms with van der Waals surface area (Å²) < 4.78 is 13.5. The maximum absolute atomic E-state index is 13.5. The summed E-state index contributed by atoms with van der Waals surface area (Å²) in [7, 11) is 0. The van der Waals surface area contributed by atoms with Crippen LogP contribution in [0.2, 0.25) is 5.02 Å². The Balaban J connectivity index is 1.93. The van der Waals surface area contributed by atoms with E-state index < -0.39 is 0 Å². The molecule has 0 heterocycles. The number of rotatable bonds is 3. The maximum Gasteiger partial charge on any atom is 0.147 e. The fraction of sp³-hybridized carbons (Fsp3) is 0.571. The van der Waals surface area contributed by atoms with Crippen molar-refractivity contribution in [1.82, 2.24) is 0 Å². The molecule has 17 heavy (non-hydrogen) atoms. The lowest BCUT2D eigenvalue weighted by molar-refractivity contribution is 0.293. The molecule has 1 saturated carbocycles. The molecule has 1 aromatic carbocycles. The molecule has 1 aliphatic carbocycles. The quantitative estimate of drug-likeness (QED) is 0.824. The summed E-state index contributed by atoms with van der Waals surface area (Å²) in [5.74, 6) is 1.18. The lowest BCUT2D eigenvalue weighted by Gasteiger charge is -2.27. The molecule has 0 saturated heterocycles. The summed E-state index contributed by atoms with van der Waals surface area (Å²) in [6.07, 6.45) is 5.10. The van der Waals surface area contributed by atoms with Crippen molar-refractivity contribution in [2.75, 3.05) is 11.9 Å². The zero-order chi connectivity index (χ0) is 12.3. The molecule has 0 aromatic heterocycles. The van der Waals surface area contributed by atoms with Crippen LogP contribution in [0.4, 0.5) is 10.1 Å². The van der Waals surface area contributed by atoms with Gasteiger partial charge >= 0.3 is 0 Å². The van der Waals surface area contributed by atoms with Crippen molar-refractivity contribution in [1.29, 1.82) is 0 Å². The molecule has 1 aromatic rings. The standard InChI is InChI=1S/C14H19ClFN/c1-10-4-2-5-11(8-10)9-17-14-12(15)6-3-7-13(14)16/h3,6-7,10-11,17H,2,4-5,8-9H2,1H3. The molecule has 1 aliphatic rings. The Hall–Kier alpha value is -0.760. The second-order valence-corrected chi connectivity index (χ2v) is 5.52. The third kappa shape index (κ3) is 3.35. The van der Waals surface area contributed by atoms with Crippen LogP contribution in [0.15, 0.2) is 18.2 Å². The van der Waals surface area contributed by atoms with Gasteiger partial charge in [0.15, 0.2) is 0 Å². The van der Waals surface area contributed by atoms with Gasteiger partial charge in [0.2, 0.25) is 0 Å². The van der Waals surface area contributed by atoms with Crippen LogP contribution in [0, 0.1) is 17.7 Å². The van der Waals surface area contributed by atoms with Crippen LogP contribution in [-0.2, 0) is 0 Å². The fourth-order valence-corrected chi connectivity index (χ4v) is 2.89. The van der Waals surface area contributed by atoms with Crippen molar-refractivity contribution < 1.29 is 4.39 Å². The minimum atomic E-state index is -0.263. The van der Waals surface area contributed by atoms with Crippen molar-refractivity contribution in [2.24, 2.45) is 11.8 Å². The normalized spacial score (nSPS) is 24.6. The smallest absolute Gasteiger partial charge is 0.147 e. The maximum atomic E-state index is 13.5. The SMILES string of the molecule is CC1CCCC(CNc2c(F)cccc2Cl)C1. The average molecular weight is 256 g/mol. The number of hydrogen-bond donors (Lipinski definition) is 1. The van der Waals surface area contributed by atoms with Crippen LogP contribution < -0.4 is 5.32 Å². The number of anilines is 1. The average Bonchev–Trinajstić information content (AvgIpc) is 2.28. The monoisotopic (exact) mass is 255 g/mol. The van der Waals surface area contributed by atoms with Gasteiger partial charge in [0.25, 0.3) is 0 Å². The van der Waals surface area contributed by atoms with Gasteiger partial charge in [0.05, 0.1) is 10.7 Å².